The Kier molecular flexibility index (Phi) is 6.51. The fraction of sp³-hybridized carbons (Fsp3) is 0.500. The standard InChI is InChI=1S/C14H22N2O6S2/c1-10(2)9-11(14(17)18)15-23(19,20)12-7-5-6-8-13(12)24(21,22)16(3)4/h5-8,10-11,15H,9H2,1-4H3,(H,17,18). The molecule has 0 amide bonds. The molecule has 1 unspecified atom stereocenters. The average Bonchev–Trinajstić information content (AvgIpc) is 2.45. The van der Waals surface area contributed by atoms with E-state index in [1.54, 1.807) is 13.8 Å². The van der Waals surface area contributed by atoms with E-state index in [-0.39, 0.29) is 12.3 Å². The number of sulfonamides is 2. The first-order valence-electron chi connectivity index (χ1n) is 7.16. The van der Waals surface area contributed by atoms with E-state index in [4.69, 9.17) is 0 Å². The van der Waals surface area contributed by atoms with Crippen molar-refractivity contribution in [3.63, 3.8) is 0 Å². The van der Waals surface area contributed by atoms with Crippen molar-refractivity contribution in [2.75, 3.05) is 14.1 Å². The Labute approximate surface area is 142 Å². The van der Waals surface area contributed by atoms with Gasteiger partial charge in [-0.15, -0.1) is 0 Å². The van der Waals surface area contributed by atoms with Crippen LogP contribution >= 0.6 is 0 Å². The molecule has 0 aromatic heterocycles. The monoisotopic (exact) mass is 378 g/mol. The van der Waals surface area contributed by atoms with E-state index in [1.165, 1.54) is 32.3 Å². The molecule has 1 aromatic rings. The zero-order valence-electron chi connectivity index (χ0n) is 13.9. The number of aliphatic carboxylic acids is 1. The zero-order valence-corrected chi connectivity index (χ0v) is 15.6. The Bertz CT molecular complexity index is 800. The SMILES string of the molecule is CC(C)CC(NS(=O)(=O)c1ccccc1S(=O)(=O)N(C)C)C(=O)O. The van der Waals surface area contributed by atoms with Crippen LogP contribution in [0, 0.1) is 5.92 Å². The highest BCUT2D eigenvalue weighted by atomic mass is 32.2. The van der Waals surface area contributed by atoms with Crippen molar-refractivity contribution in [1.29, 1.82) is 0 Å². The highest BCUT2D eigenvalue weighted by Crippen LogP contribution is 2.23. The predicted molar refractivity (Wildman–Crippen MR) is 88.5 cm³/mol. The minimum absolute atomic E-state index is 0.0606. The first kappa shape index (κ1) is 20.6. The quantitative estimate of drug-likeness (QED) is 0.687. The Morgan fingerprint density at radius 2 is 1.62 bits per heavy atom. The molecule has 1 atom stereocenters. The zero-order chi connectivity index (χ0) is 18.7. The summed E-state index contributed by atoms with van der Waals surface area (Å²) in [7, 11) is -5.77. The molecule has 0 heterocycles. The fourth-order valence-corrected chi connectivity index (χ4v) is 4.90. The van der Waals surface area contributed by atoms with Gasteiger partial charge in [0.05, 0.1) is 0 Å². The molecule has 0 bridgehead atoms. The number of hydrogen-bond acceptors (Lipinski definition) is 5. The lowest BCUT2D eigenvalue weighted by Gasteiger charge is -2.19. The minimum Gasteiger partial charge on any atom is -0.480 e. The van der Waals surface area contributed by atoms with Gasteiger partial charge in [-0.25, -0.2) is 21.1 Å². The summed E-state index contributed by atoms with van der Waals surface area (Å²) in [6, 6.07) is 3.74. The first-order chi connectivity index (χ1) is 10.9. The van der Waals surface area contributed by atoms with Gasteiger partial charge in [0.15, 0.2) is 0 Å². The van der Waals surface area contributed by atoms with Crippen LogP contribution in [0.15, 0.2) is 34.1 Å². The maximum atomic E-state index is 12.6. The number of carboxylic acids is 1. The van der Waals surface area contributed by atoms with Gasteiger partial charge in [-0.3, -0.25) is 4.79 Å². The second-order valence-corrected chi connectivity index (χ2v) is 9.68. The van der Waals surface area contributed by atoms with Gasteiger partial charge in [0, 0.05) is 14.1 Å². The first-order valence-corrected chi connectivity index (χ1v) is 10.1. The van der Waals surface area contributed by atoms with Gasteiger partial charge >= 0.3 is 5.97 Å². The molecule has 0 radical (unpaired) electrons. The van der Waals surface area contributed by atoms with Crippen molar-refractivity contribution in [2.45, 2.75) is 36.1 Å². The molecule has 1 aromatic carbocycles. The molecule has 0 spiro atoms. The minimum atomic E-state index is -4.33. The van der Waals surface area contributed by atoms with Crippen LogP contribution in [0.2, 0.25) is 0 Å². The van der Waals surface area contributed by atoms with E-state index < -0.39 is 41.8 Å². The van der Waals surface area contributed by atoms with Crippen molar-refractivity contribution < 1.29 is 26.7 Å². The molecule has 136 valence electrons. The molecule has 0 saturated carbocycles. The van der Waals surface area contributed by atoms with Crippen LogP contribution in [0.1, 0.15) is 20.3 Å². The summed E-state index contributed by atoms with van der Waals surface area (Å²) in [5, 5.41) is 9.20. The number of carboxylic acid groups (broad SMARTS) is 1. The second-order valence-electron chi connectivity index (χ2n) is 5.88. The lowest BCUT2D eigenvalue weighted by Crippen LogP contribution is -2.42. The van der Waals surface area contributed by atoms with Crippen LogP contribution in [-0.4, -0.2) is 52.4 Å². The van der Waals surface area contributed by atoms with E-state index in [1.807, 2.05) is 0 Å². The molecule has 0 aliphatic heterocycles. The van der Waals surface area contributed by atoms with Gasteiger partial charge in [0.1, 0.15) is 15.8 Å². The summed E-state index contributed by atoms with van der Waals surface area (Å²) in [6.45, 7) is 3.52. The van der Waals surface area contributed by atoms with E-state index >= 15 is 0 Å². The van der Waals surface area contributed by atoms with Gasteiger partial charge in [0.25, 0.3) is 0 Å². The van der Waals surface area contributed by atoms with E-state index in [9.17, 15) is 26.7 Å². The van der Waals surface area contributed by atoms with Crippen LogP contribution in [0.5, 0.6) is 0 Å². The van der Waals surface area contributed by atoms with Gasteiger partial charge in [-0.05, 0) is 24.5 Å². The summed E-state index contributed by atoms with van der Waals surface area (Å²) in [4.78, 5) is 10.4. The van der Waals surface area contributed by atoms with Gasteiger partial charge in [-0.1, -0.05) is 26.0 Å². The highest BCUT2D eigenvalue weighted by molar-refractivity contribution is 7.92. The second kappa shape index (κ2) is 7.60. The van der Waals surface area contributed by atoms with Crippen LogP contribution in [0.4, 0.5) is 0 Å². The van der Waals surface area contributed by atoms with Crippen LogP contribution in [0.25, 0.3) is 0 Å². The lowest BCUT2D eigenvalue weighted by atomic mass is 10.1. The molecule has 8 nitrogen and oxygen atoms in total. The van der Waals surface area contributed by atoms with Gasteiger partial charge < -0.3 is 5.11 Å². The predicted octanol–water partition coefficient (Wildman–Crippen LogP) is 0.714. The lowest BCUT2D eigenvalue weighted by molar-refractivity contribution is -0.139. The molecule has 0 saturated heterocycles. The molecular weight excluding hydrogens is 356 g/mol. The Hall–Kier alpha value is -1.49. The molecule has 0 aliphatic carbocycles. The largest absolute Gasteiger partial charge is 0.480 e. The van der Waals surface area contributed by atoms with Crippen LogP contribution < -0.4 is 4.72 Å². The van der Waals surface area contributed by atoms with Crippen molar-refractivity contribution in [1.82, 2.24) is 9.03 Å². The molecule has 1 rings (SSSR count). The summed E-state index contributed by atoms with van der Waals surface area (Å²) in [5.74, 6) is -1.38. The molecule has 2 N–H and O–H groups in total. The summed E-state index contributed by atoms with van der Waals surface area (Å²) in [6.07, 6.45) is 0.0805. The molecule has 24 heavy (non-hydrogen) atoms. The van der Waals surface area contributed by atoms with Crippen molar-refractivity contribution in [3.05, 3.63) is 24.3 Å². The van der Waals surface area contributed by atoms with E-state index in [0.29, 0.717) is 0 Å². The Morgan fingerprint density at radius 3 is 2.04 bits per heavy atom. The molecule has 0 fully saturated rings. The van der Waals surface area contributed by atoms with Crippen LogP contribution in [0.3, 0.4) is 0 Å². The number of nitrogens with one attached hydrogen (secondary N) is 1. The number of nitrogens with zero attached hydrogens (tertiary/aromatic N) is 1. The third kappa shape index (κ3) is 4.76. The third-order valence-corrected chi connectivity index (χ3v) is 6.73. The van der Waals surface area contributed by atoms with Crippen molar-refractivity contribution in [3.8, 4) is 0 Å². The van der Waals surface area contributed by atoms with Gasteiger partial charge in [0.2, 0.25) is 20.0 Å². The van der Waals surface area contributed by atoms with Crippen LogP contribution in [-0.2, 0) is 24.8 Å². The smallest absolute Gasteiger partial charge is 0.321 e. The Balaban J connectivity index is 3.37. The molecule has 0 aliphatic rings. The number of carbonyl (C=O) groups is 1. The number of benzene rings is 1. The normalized spacial score (nSPS) is 14.1. The topological polar surface area (TPSA) is 121 Å². The maximum absolute atomic E-state index is 12.6. The summed E-state index contributed by atoms with van der Waals surface area (Å²) < 4.78 is 52.7. The van der Waals surface area contributed by atoms with E-state index in [2.05, 4.69) is 4.72 Å². The molecule has 10 heteroatoms. The van der Waals surface area contributed by atoms with Crippen molar-refractivity contribution in [2.24, 2.45) is 5.92 Å². The third-order valence-electron chi connectivity index (χ3n) is 3.20. The molecular formula is C14H22N2O6S2. The Morgan fingerprint density at radius 1 is 1.12 bits per heavy atom. The maximum Gasteiger partial charge on any atom is 0.321 e. The highest BCUT2D eigenvalue weighted by Gasteiger charge is 2.31. The number of rotatable bonds is 8. The number of hydrogen-bond donors (Lipinski definition) is 2. The van der Waals surface area contributed by atoms with Gasteiger partial charge in [-0.2, -0.15) is 4.72 Å². The summed E-state index contributed by atoms with van der Waals surface area (Å²) in [5.41, 5.74) is 0. The average molecular weight is 378 g/mol. The fourth-order valence-electron chi connectivity index (χ4n) is 2.00. The van der Waals surface area contributed by atoms with Crippen molar-refractivity contribution >= 4 is 26.0 Å². The summed E-state index contributed by atoms with van der Waals surface area (Å²) >= 11 is 0. The van der Waals surface area contributed by atoms with E-state index in [0.717, 1.165) is 10.4 Å².